The van der Waals surface area contributed by atoms with Gasteiger partial charge in [-0.3, -0.25) is 4.90 Å². The van der Waals surface area contributed by atoms with Crippen molar-refractivity contribution in [2.24, 2.45) is 0 Å². The minimum atomic E-state index is 0.606. The first-order chi connectivity index (χ1) is 11.2. The topological polar surface area (TPSA) is 28.3 Å². The average molecular weight is 333 g/mol. The summed E-state index contributed by atoms with van der Waals surface area (Å²) in [4.78, 5) is 7.48. The molecule has 2 atom stereocenters. The van der Waals surface area contributed by atoms with Crippen LogP contribution < -0.4 is 0 Å². The van der Waals surface area contributed by atoms with Gasteiger partial charge in [-0.05, 0) is 69.2 Å². The molecule has 1 aromatic carbocycles. The summed E-state index contributed by atoms with van der Waals surface area (Å²) in [6.45, 7) is 4.43. The number of hydrogen-bond acceptors (Lipinski definition) is 3. The van der Waals surface area contributed by atoms with Gasteiger partial charge in [-0.25, -0.2) is 0 Å². The molecule has 1 aliphatic heterocycles. The van der Waals surface area contributed by atoms with Crippen molar-refractivity contribution in [1.29, 1.82) is 0 Å². The molecular weight excluding hydrogens is 304 g/mol. The number of aromatic amines is 1. The van der Waals surface area contributed by atoms with E-state index in [0.717, 1.165) is 19.4 Å². The number of likely N-dealkylation sites (tertiary alicyclic amines) is 1. The highest BCUT2D eigenvalue weighted by Crippen LogP contribution is 2.29. The smallest absolute Gasteiger partial charge is 0.0477 e. The first-order valence-electron chi connectivity index (χ1n) is 8.61. The molecule has 0 bridgehead atoms. The van der Waals surface area contributed by atoms with Crippen molar-refractivity contribution in [2.75, 3.05) is 26.5 Å². The second-order valence-electron chi connectivity index (χ2n) is 6.59. The molecule has 126 valence electrons. The monoisotopic (exact) mass is 332 g/mol. The van der Waals surface area contributed by atoms with Crippen LogP contribution in [0.2, 0.25) is 0 Å². The van der Waals surface area contributed by atoms with E-state index < -0.39 is 0 Å². The van der Waals surface area contributed by atoms with Crippen molar-refractivity contribution in [2.45, 2.75) is 49.6 Å². The zero-order valence-corrected chi connectivity index (χ0v) is 15.3. The average Bonchev–Trinajstić information content (AvgIpc) is 3.20. The number of ether oxygens (including phenoxy) is 1. The van der Waals surface area contributed by atoms with Gasteiger partial charge in [0.15, 0.2) is 0 Å². The Hall–Kier alpha value is -0.970. The molecule has 3 nitrogen and oxygen atoms in total. The molecule has 2 aromatic rings. The summed E-state index contributed by atoms with van der Waals surface area (Å²) in [5.41, 5.74) is 2.72. The van der Waals surface area contributed by atoms with Gasteiger partial charge in [-0.15, -0.1) is 11.8 Å². The lowest BCUT2D eigenvalue weighted by Crippen LogP contribution is -2.39. The van der Waals surface area contributed by atoms with Gasteiger partial charge in [0.25, 0.3) is 0 Å². The fourth-order valence-electron chi connectivity index (χ4n) is 3.82. The molecule has 0 aliphatic carbocycles. The first kappa shape index (κ1) is 16.9. The summed E-state index contributed by atoms with van der Waals surface area (Å²) in [5.74, 6) is 0. The van der Waals surface area contributed by atoms with Crippen LogP contribution in [-0.2, 0) is 11.2 Å². The standard InChI is InChI=1S/C19H28N2OS/c1-14(8-10-22-2)21-9-4-5-16(21)11-15-13-20-19-7-6-17(23-3)12-18(15)19/h6-7,12-14,16,20H,4-5,8-11H2,1-3H3/t14-,16+/m0/s1. The van der Waals surface area contributed by atoms with Gasteiger partial charge in [-0.2, -0.15) is 0 Å². The highest BCUT2D eigenvalue weighted by molar-refractivity contribution is 7.98. The normalized spacial score (nSPS) is 20.4. The second kappa shape index (κ2) is 7.73. The summed E-state index contributed by atoms with van der Waals surface area (Å²) in [7, 11) is 1.80. The number of H-pyrrole nitrogens is 1. The maximum absolute atomic E-state index is 5.26. The van der Waals surface area contributed by atoms with E-state index in [-0.39, 0.29) is 0 Å². The van der Waals surface area contributed by atoms with Crippen molar-refractivity contribution in [1.82, 2.24) is 9.88 Å². The molecule has 1 aromatic heterocycles. The predicted octanol–water partition coefficient (Wildman–Crippen LogP) is 4.32. The highest BCUT2D eigenvalue weighted by atomic mass is 32.2. The van der Waals surface area contributed by atoms with Gasteiger partial charge in [0, 0.05) is 47.8 Å². The van der Waals surface area contributed by atoms with Crippen molar-refractivity contribution in [3.63, 3.8) is 0 Å². The Morgan fingerprint density at radius 2 is 2.30 bits per heavy atom. The summed E-state index contributed by atoms with van der Waals surface area (Å²) in [6, 6.07) is 8.01. The second-order valence-corrected chi connectivity index (χ2v) is 7.47. The maximum atomic E-state index is 5.26. The van der Waals surface area contributed by atoms with Crippen LogP contribution in [0.1, 0.15) is 31.7 Å². The van der Waals surface area contributed by atoms with Gasteiger partial charge in [-0.1, -0.05) is 0 Å². The van der Waals surface area contributed by atoms with Crippen LogP contribution in [0.4, 0.5) is 0 Å². The number of nitrogens with one attached hydrogen (secondary N) is 1. The predicted molar refractivity (Wildman–Crippen MR) is 99.5 cm³/mol. The molecule has 0 saturated carbocycles. The third kappa shape index (κ3) is 3.76. The van der Waals surface area contributed by atoms with E-state index in [2.05, 4.69) is 47.5 Å². The van der Waals surface area contributed by atoms with E-state index in [0.29, 0.717) is 12.1 Å². The Kier molecular flexibility index (Phi) is 5.67. The highest BCUT2D eigenvalue weighted by Gasteiger charge is 2.28. The van der Waals surface area contributed by atoms with Crippen molar-refractivity contribution in [3.05, 3.63) is 30.0 Å². The number of fused-ring (bicyclic) bond motifs is 1. The Bertz CT molecular complexity index is 639. The fourth-order valence-corrected chi connectivity index (χ4v) is 4.26. The van der Waals surface area contributed by atoms with E-state index >= 15 is 0 Å². The third-order valence-corrected chi connectivity index (χ3v) is 5.88. The zero-order chi connectivity index (χ0) is 16.2. The molecule has 1 fully saturated rings. The number of hydrogen-bond donors (Lipinski definition) is 1. The Morgan fingerprint density at radius 1 is 1.43 bits per heavy atom. The van der Waals surface area contributed by atoms with E-state index in [1.807, 2.05) is 11.8 Å². The molecule has 1 aliphatic rings. The van der Waals surface area contributed by atoms with Crippen molar-refractivity contribution in [3.8, 4) is 0 Å². The molecule has 0 unspecified atom stereocenters. The molecule has 0 spiro atoms. The molecule has 1 N–H and O–H groups in total. The molecule has 2 heterocycles. The van der Waals surface area contributed by atoms with Crippen LogP contribution in [0.15, 0.2) is 29.3 Å². The van der Waals surface area contributed by atoms with Gasteiger partial charge < -0.3 is 9.72 Å². The van der Waals surface area contributed by atoms with E-state index in [1.54, 1.807) is 7.11 Å². The quantitative estimate of drug-likeness (QED) is 0.765. The fraction of sp³-hybridized carbons (Fsp3) is 0.579. The first-order valence-corrected chi connectivity index (χ1v) is 9.84. The van der Waals surface area contributed by atoms with E-state index in [4.69, 9.17) is 4.74 Å². The minimum Gasteiger partial charge on any atom is -0.385 e. The number of benzene rings is 1. The molecule has 1 saturated heterocycles. The summed E-state index contributed by atoms with van der Waals surface area (Å²) in [6.07, 6.45) is 9.26. The lowest BCUT2D eigenvalue weighted by atomic mass is 10.0. The van der Waals surface area contributed by atoms with Crippen molar-refractivity contribution >= 4 is 22.7 Å². The van der Waals surface area contributed by atoms with Crippen LogP contribution in [0, 0.1) is 0 Å². The van der Waals surface area contributed by atoms with Crippen LogP contribution in [0.3, 0.4) is 0 Å². The molecule has 23 heavy (non-hydrogen) atoms. The number of methoxy groups -OCH3 is 1. The Morgan fingerprint density at radius 3 is 3.09 bits per heavy atom. The van der Waals surface area contributed by atoms with Crippen LogP contribution in [0.25, 0.3) is 10.9 Å². The van der Waals surface area contributed by atoms with Crippen LogP contribution in [-0.4, -0.2) is 48.5 Å². The maximum Gasteiger partial charge on any atom is 0.0477 e. The molecule has 0 radical (unpaired) electrons. The van der Waals surface area contributed by atoms with Gasteiger partial charge >= 0.3 is 0 Å². The third-order valence-electron chi connectivity index (χ3n) is 5.16. The molecule has 0 amide bonds. The Balaban J connectivity index is 1.75. The summed E-state index contributed by atoms with van der Waals surface area (Å²) >= 11 is 1.81. The molecule has 3 rings (SSSR count). The van der Waals surface area contributed by atoms with E-state index in [1.165, 1.54) is 40.7 Å². The lowest BCUT2D eigenvalue weighted by Gasteiger charge is -2.30. The van der Waals surface area contributed by atoms with Gasteiger partial charge in [0.05, 0.1) is 0 Å². The zero-order valence-electron chi connectivity index (χ0n) is 14.5. The summed E-state index contributed by atoms with van der Waals surface area (Å²) in [5, 5.41) is 1.40. The van der Waals surface area contributed by atoms with Crippen LogP contribution >= 0.6 is 11.8 Å². The lowest BCUT2D eigenvalue weighted by molar-refractivity contribution is 0.130. The number of aromatic nitrogens is 1. The molecular formula is C19H28N2OS. The molecule has 4 heteroatoms. The number of nitrogens with zero attached hydrogens (tertiary/aromatic N) is 1. The van der Waals surface area contributed by atoms with Gasteiger partial charge in [0.1, 0.15) is 0 Å². The van der Waals surface area contributed by atoms with Crippen molar-refractivity contribution < 1.29 is 4.74 Å². The largest absolute Gasteiger partial charge is 0.385 e. The number of rotatable bonds is 7. The minimum absolute atomic E-state index is 0.606. The SMILES string of the molecule is COCC[C@H](C)N1CCC[C@@H]1Cc1c[nH]c2ccc(SC)cc12. The van der Waals surface area contributed by atoms with E-state index in [9.17, 15) is 0 Å². The Labute approximate surface area is 143 Å². The van der Waals surface area contributed by atoms with Gasteiger partial charge in [0.2, 0.25) is 0 Å². The number of thioether (sulfide) groups is 1. The van der Waals surface area contributed by atoms with Crippen LogP contribution in [0.5, 0.6) is 0 Å². The summed E-state index contributed by atoms with van der Waals surface area (Å²) < 4.78 is 5.26.